The first-order valence-corrected chi connectivity index (χ1v) is 6.66. The molecule has 0 aromatic rings. The Morgan fingerprint density at radius 1 is 1.07 bits per heavy atom. The monoisotopic (exact) mass is 226 g/mol. The van der Waals surface area contributed by atoms with Crippen LogP contribution in [0.25, 0.3) is 0 Å². The van der Waals surface area contributed by atoms with Gasteiger partial charge in [0.05, 0.1) is 4.99 Å². The molecule has 2 aliphatic rings. The zero-order chi connectivity index (χ0) is 10.7. The van der Waals surface area contributed by atoms with Gasteiger partial charge < -0.3 is 10.6 Å². The molecule has 0 atom stereocenters. The lowest BCUT2D eigenvalue weighted by Gasteiger charge is -2.39. The summed E-state index contributed by atoms with van der Waals surface area (Å²) in [6.07, 6.45) is 9.14. The normalized spacial score (nSPS) is 26.7. The van der Waals surface area contributed by atoms with Gasteiger partial charge in [-0.1, -0.05) is 31.5 Å². The molecule has 1 heterocycles. The fourth-order valence-corrected chi connectivity index (χ4v) is 3.35. The van der Waals surface area contributed by atoms with Crippen molar-refractivity contribution in [2.24, 2.45) is 11.1 Å². The number of likely N-dealkylation sites (tertiary alicyclic amines) is 1. The lowest BCUT2D eigenvalue weighted by atomic mass is 9.73. The fourth-order valence-electron chi connectivity index (χ4n) is 3.08. The van der Waals surface area contributed by atoms with E-state index in [1.54, 1.807) is 0 Å². The topological polar surface area (TPSA) is 29.3 Å². The van der Waals surface area contributed by atoms with Gasteiger partial charge in [-0.25, -0.2) is 0 Å². The third-order valence-electron chi connectivity index (χ3n) is 4.06. The van der Waals surface area contributed by atoms with Gasteiger partial charge in [0, 0.05) is 12.0 Å². The Bertz CT molecular complexity index is 228. The SMILES string of the molecule is NC(=S)C1(CN2CCCC2)CCCCC1. The van der Waals surface area contributed by atoms with Crippen LogP contribution < -0.4 is 5.73 Å². The van der Waals surface area contributed by atoms with Crippen LogP contribution in [0.1, 0.15) is 44.9 Å². The molecule has 15 heavy (non-hydrogen) atoms. The van der Waals surface area contributed by atoms with Gasteiger partial charge in [-0.2, -0.15) is 0 Å². The van der Waals surface area contributed by atoms with Gasteiger partial charge in [0.15, 0.2) is 0 Å². The largest absolute Gasteiger partial charge is 0.393 e. The second kappa shape index (κ2) is 4.79. The molecule has 0 unspecified atom stereocenters. The minimum Gasteiger partial charge on any atom is -0.393 e. The van der Waals surface area contributed by atoms with Crippen LogP contribution in [-0.2, 0) is 0 Å². The van der Waals surface area contributed by atoms with Crippen molar-refractivity contribution >= 4 is 17.2 Å². The third kappa shape index (κ3) is 2.51. The molecule has 2 fully saturated rings. The van der Waals surface area contributed by atoms with Crippen LogP contribution in [0.15, 0.2) is 0 Å². The zero-order valence-electron chi connectivity index (χ0n) is 9.50. The Hall–Kier alpha value is -0.150. The highest BCUT2D eigenvalue weighted by atomic mass is 32.1. The Kier molecular flexibility index (Phi) is 3.62. The number of nitrogens with two attached hydrogens (primary N) is 1. The van der Waals surface area contributed by atoms with Gasteiger partial charge in [0.1, 0.15) is 0 Å². The molecular weight excluding hydrogens is 204 g/mol. The van der Waals surface area contributed by atoms with Crippen molar-refractivity contribution in [1.82, 2.24) is 4.90 Å². The smallest absolute Gasteiger partial charge is 0.0802 e. The summed E-state index contributed by atoms with van der Waals surface area (Å²) < 4.78 is 0. The standard InChI is InChI=1S/C12H22N2S/c13-11(15)12(6-2-1-3-7-12)10-14-8-4-5-9-14/h1-10H2,(H2,13,15). The highest BCUT2D eigenvalue weighted by Gasteiger charge is 2.37. The molecule has 0 radical (unpaired) electrons. The van der Waals surface area contributed by atoms with Gasteiger partial charge in [-0.15, -0.1) is 0 Å². The predicted octanol–water partition coefficient (Wildman–Crippen LogP) is 2.32. The summed E-state index contributed by atoms with van der Waals surface area (Å²) in [6, 6.07) is 0. The van der Waals surface area contributed by atoms with Crippen molar-refractivity contribution in [2.45, 2.75) is 44.9 Å². The molecule has 1 saturated heterocycles. The van der Waals surface area contributed by atoms with Gasteiger partial charge in [0.25, 0.3) is 0 Å². The lowest BCUT2D eigenvalue weighted by Crippen LogP contribution is -2.46. The minimum absolute atomic E-state index is 0.178. The van der Waals surface area contributed by atoms with Crippen molar-refractivity contribution in [1.29, 1.82) is 0 Å². The number of nitrogens with zero attached hydrogens (tertiary/aromatic N) is 1. The number of thiocarbonyl (C=S) groups is 1. The highest BCUT2D eigenvalue weighted by molar-refractivity contribution is 7.80. The predicted molar refractivity (Wildman–Crippen MR) is 68.0 cm³/mol. The van der Waals surface area contributed by atoms with E-state index in [0.717, 1.165) is 11.5 Å². The first-order chi connectivity index (χ1) is 7.23. The average molecular weight is 226 g/mol. The maximum Gasteiger partial charge on any atom is 0.0802 e. The third-order valence-corrected chi connectivity index (χ3v) is 4.49. The number of rotatable bonds is 3. The van der Waals surface area contributed by atoms with E-state index in [1.165, 1.54) is 58.0 Å². The van der Waals surface area contributed by atoms with Gasteiger partial charge in [-0.3, -0.25) is 0 Å². The summed E-state index contributed by atoms with van der Waals surface area (Å²) in [5, 5.41) is 0. The number of hydrogen-bond acceptors (Lipinski definition) is 2. The first kappa shape index (κ1) is 11.3. The van der Waals surface area contributed by atoms with E-state index >= 15 is 0 Å². The Balaban J connectivity index is 2.00. The Morgan fingerprint density at radius 3 is 2.20 bits per heavy atom. The van der Waals surface area contributed by atoms with Gasteiger partial charge >= 0.3 is 0 Å². The zero-order valence-corrected chi connectivity index (χ0v) is 10.3. The molecule has 2 nitrogen and oxygen atoms in total. The van der Waals surface area contributed by atoms with E-state index in [2.05, 4.69) is 4.90 Å². The lowest BCUT2D eigenvalue weighted by molar-refractivity contribution is 0.187. The summed E-state index contributed by atoms with van der Waals surface area (Å²) in [6.45, 7) is 3.64. The summed E-state index contributed by atoms with van der Waals surface area (Å²) >= 11 is 5.31. The molecule has 0 amide bonds. The Morgan fingerprint density at radius 2 is 1.67 bits per heavy atom. The molecular formula is C12H22N2S. The van der Waals surface area contributed by atoms with Crippen LogP contribution >= 0.6 is 12.2 Å². The Labute approximate surface area is 98.2 Å². The second-order valence-electron chi connectivity index (χ2n) is 5.19. The molecule has 86 valence electrons. The number of hydrogen-bond donors (Lipinski definition) is 1. The first-order valence-electron chi connectivity index (χ1n) is 6.25. The molecule has 0 aromatic carbocycles. The minimum atomic E-state index is 0.178. The molecule has 0 bridgehead atoms. The van der Waals surface area contributed by atoms with Gasteiger partial charge in [-0.05, 0) is 38.8 Å². The van der Waals surface area contributed by atoms with Crippen molar-refractivity contribution < 1.29 is 0 Å². The maximum absolute atomic E-state index is 5.99. The van der Waals surface area contributed by atoms with Crippen LogP contribution in [-0.4, -0.2) is 29.5 Å². The molecule has 0 aromatic heterocycles. The van der Waals surface area contributed by atoms with E-state index < -0.39 is 0 Å². The maximum atomic E-state index is 5.99. The average Bonchev–Trinajstić information content (AvgIpc) is 2.71. The quantitative estimate of drug-likeness (QED) is 0.749. The van der Waals surface area contributed by atoms with E-state index in [9.17, 15) is 0 Å². The van der Waals surface area contributed by atoms with E-state index in [1.807, 2.05) is 0 Å². The van der Waals surface area contributed by atoms with Crippen LogP contribution in [0.4, 0.5) is 0 Å². The molecule has 1 aliphatic heterocycles. The van der Waals surface area contributed by atoms with Crippen LogP contribution in [0.5, 0.6) is 0 Å². The molecule has 1 aliphatic carbocycles. The van der Waals surface area contributed by atoms with Crippen molar-refractivity contribution in [3.63, 3.8) is 0 Å². The van der Waals surface area contributed by atoms with E-state index in [0.29, 0.717) is 0 Å². The highest BCUT2D eigenvalue weighted by Crippen LogP contribution is 2.38. The van der Waals surface area contributed by atoms with Crippen LogP contribution in [0.2, 0.25) is 0 Å². The van der Waals surface area contributed by atoms with Crippen molar-refractivity contribution in [3.8, 4) is 0 Å². The van der Waals surface area contributed by atoms with Crippen molar-refractivity contribution in [3.05, 3.63) is 0 Å². The molecule has 2 N–H and O–H groups in total. The van der Waals surface area contributed by atoms with Gasteiger partial charge in [0.2, 0.25) is 0 Å². The summed E-state index contributed by atoms with van der Waals surface area (Å²) in [5.74, 6) is 0. The molecule has 3 heteroatoms. The summed E-state index contributed by atoms with van der Waals surface area (Å²) in [7, 11) is 0. The fraction of sp³-hybridized carbons (Fsp3) is 0.917. The van der Waals surface area contributed by atoms with E-state index in [4.69, 9.17) is 18.0 Å². The van der Waals surface area contributed by atoms with E-state index in [-0.39, 0.29) is 5.41 Å². The summed E-state index contributed by atoms with van der Waals surface area (Å²) in [5.41, 5.74) is 6.16. The molecule has 2 rings (SSSR count). The van der Waals surface area contributed by atoms with Crippen LogP contribution in [0.3, 0.4) is 0 Å². The summed E-state index contributed by atoms with van der Waals surface area (Å²) in [4.78, 5) is 3.33. The second-order valence-corrected chi connectivity index (χ2v) is 5.63. The van der Waals surface area contributed by atoms with Crippen molar-refractivity contribution in [2.75, 3.05) is 19.6 Å². The molecule has 1 saturated carbocycles. The van der Waals surface area contributed by atoms with Crippen LogP contribution in [0, 0.1) is 5.41 Å². The molecule has 0 spiro atoms.